The normalized spacial score (nSPS) is 57.0. The van der Waals surface area contributed by atoms with Crippen LogP contribution in [0.5, 0.6) is 0 Å². The van der Waals surface area contributed by atoms with Crippen molar-refractivity contribution >= 4 is 0 Å². The van der Waals surface area contributed by atoms with Crippen LogP contribution in [0, 0.1) is 5.92 Å². The number of rotatable bonds is 0. The van der Waals surface area contributed by atoms with E-state index in [0.29, 0.717) is 12.1 Å². The molecule has 3 atom stereocenters. The van der Waals surface area contributed by atoms with Crippen molar-refractivity contribution in [3.63, 3.8) is 0 Å². The average Bonchev–Trinajstić information content (AvgIpc) is 2.26. The van der Waals surface area contributed by atoms with E-state index in [4.69, 9.17) is 10.5 Å². The van der Waals surface area contributed by atoms with Crippen molar-refractivity contribution in [2.75, 3.05) is 6.61 Å². The van der Waals surface area contributed by atoms with Gasteiger partial charge in [-0.05, 0) is 6.42 Å². The summed E-state index contributed by atoms with van der Waals surface area (Å²) in [6.45, 7) is 0.947. The fraction of sp³-hybridized carbons (Fsp3) is 1.00. The Kier molecular flexibility index (Phi) is 0.557. The molecule has 2 fully saturated rings. The van der Waals surface area contributed by atoms with Gasteiger partial charge in [-0.15, -0.1) is 0 Å². The third-order valence-corrected chi connectivity index (χ3v) is 1.92. The average molecular weight is 99.1 g/mol. The SMILES string of the molecule is N[C@@H]1[C@@H]2CCO[C@@H]12. The van der Waals surface area contributed by atoms with Crippen molar-refractivity contribution in [2.45, 2.75) is 18.6 Å². The highest BCUT2D eigenvalue weighted by Crippen LogP contribution is 2.40. The van der Waals surface area contributed by atoms with E-state index < -0.39 is 0 Å². The molecule has 1 saturated carbocycles. The predicted molar refractivity (Wildman–Crippen MR) is 25.8 cm³/mol. The first-order valence-electron chi connectivity index (χ1n) is 2.77. The molecule has 0 amide bonds. The first-order chi connectivity index (χ1) is 3.39. The van der Waals surface area contributed by atoms with Gasteiger partial charge in [0.2, 0.25) is 0 Å². The third-order valence-electron chi connectivity index (χ3n) is 1.92. The maximum atomic E-state index is 5.55. The summed E-state index contributed by atoms with van der Waals surface area (Å²) in [5.74, 6) is 0.736. The molecule has 0 spiro atoms. The zero-order valence-electron chi connectivity index (χ0n) is 4.13. The van der Waals surface area contributed by atoms with Crippen molar-refractivity contribution in [3.8, 4) is 0 Å². The Labute approximate surface area is 42.6 Å². The molecule has 40 valence electrons. The van der Waals surface area contributed by atoms with Gasteiger partial charge in [0.15, 0.2) is 0 Å². The maximum Gasteiger partial charge on any atom is 0.0774 e. The minimum Gasteiger partial charge on any atom is -0.376 e. The highest BCUT2D eigenvalue weighted by atomic mass is 16.5. The predicted octanol–water partition coefficient (Wildman–Crippen LogP) is -0.268. The summed E-state index contributed by atoms with van der Waals surface area (Å²) in [4.78, 5) is 0. The van der Waals surface area contributed by atoms with E-state index in [0.717, 1.165) is 12.5 Å². The molecule has 1 aliphatic carbocycles. The second-order valence-corrected chi connectivity index (χ2v) is 2.37. The van der Waals surface area contributed by atoms with Gasteiger partial charge in [-0.2, -0.15) is 0 Å². The highest BCUT2D eigenvalue weighted by molar-refractivity contribution is 5.05. The van der Waals surface area contributed by atoms with Gasteiger partial charge in [0, 0.05) is 18.6 Å². The van der Waals surface area contributed by atoms with Gasteiger partial charge >= 0.3 is 0 Å². The maximum absolute atomic E-state index is 5.55. The minimum absolute atomic E-state index is 0.397. The molecule has 1 aliphatic heterocycles. The largest absolute Gasteiger partial charge is 0.376 e. The Morgan fingerprint density at radius 3 is 2.71 bits per heavy atom. The lowest BCUT2D eigenvalue weighted by atomic mass is 10.3. The number of hydrogen-bond acceptors (Lipinski definition) is 2. The summed E-state index contributed by atoms with van der Waals surface area (Å²) in [6, 6.07) is 0.397. The van der Waals surface area contributed by atoms with Crippen LogP contribution in [-0.4, -0.2) is 18.8 Å². The lowest BCUT2D eigenvalue weighted by molar-refractivity contribution is 0.150. The fourth-order valence-corrected chi connectivity index (χ4v) is 1.30. The summed E-state index contributed by atoms with van der Waals surface area (Å²) >= 11 is 0. The Balaban J connectivity index is 2.06. The van der Waals surface area contributed by atoms with Gasteiger partial charge < -0.3 is 10.5 Å². The number of nitrogens with two attached hydrogens (primary N) is 1. The van der Waals surface area contributed by atoms with Crippen LogP contribution in [0.4, 0.5) is 0 Å². The summed E-state index contributed by atoms with van der Waals surface area (Å²) in [6.07, 6.45) is 1.66. The Bertz CT molecular complexity index is 84.1. The smallest absolute Gasteiger partial charge is 0.0774 e. The Morgan fingerprint density at radius 1 is 1.57 bits per heavy atom. The molecular formula is C5H9NO. The topological polar surface area (TPSA) is 35.2 Å². The molecule has 2 aliphatic rings. The summed E-state index contributed by atoms with van der Waals surface area (Å²) in [5.41, 5.74) is 5.55. The molecule has 2 heteroatoms. The molecule has 0 aromatic carbocycles. The molecule has 1 heterocycles. The second-order valence-electron chi connectivity index (χ2n) is 2.37. The van der Waals surface area contributed by atoms with E-state index in [9.17, 15) is 0 Å². The summed E-state index contributed by atoms with van der Waals surface area (Å²) in [7, 11) is 0. The van der Waals surface area contributed by atoms with Crippen LogP contribution >= 0.6 is 0 Å². The zero-order valence-corrected chi connectivity index (χ0v) is 4.13. The molecule has 0 aromatic rings. The molecule has 0 radical (unpaired) electrons. The zero-order chi connectivity index (χ0) is 4.85. The minimum atomic E-state index is 0.397. The molecule has 1 saturated heterocycles. The monoisotopic (exact) mass is 99.1 g/mol. The highest BCUT2D eigenvalue weighted by Gasteiger charge is 2.52. The standard InChI is InChI=1S/C5H9NO/c6-4-3-1-2-7-5(3)4/h3-5H,1-2,6H2/t3-,4+,5+/m0/s1. The Hall–Kier alpha value is -0.0800. The molecule has 0 unspecified atom stereocenters. The van der Waals surface area contributed by atoms with Crippen LogP contribution < -0.4 is 5.73 Å². The lowest BCUT2D eigenvalue weighted by Gasteiger charge is -1.93. The van der Waals surface area contributed by atoms with Crippen LogP contribution in [0.3, 0.4) is 0 Å². The molecule has 7 heavy (non-hydrogen) atoms. The van der Waals surface area contributed by atoms with Gasteiger partial charge in [0.05, 0.1) is 6.10 Å². The van der Waals surface area contributed by atoms with Gasteiger partial charge in [0.25, 0.3) is 0 Å². The first-order valence-corrected chi connectivity index (χ1v) is 2.77. The lowest BCUT2D eigenvalue weighted by Crippen LogP contribution is -2.10. The fourth-order valence-electron chi connectivity index (χ4n) is 1.30. The van der Waals surface area contributed by atoms with Gasteiger partial charge in [-0.25, -0.2) is 0 Å². The van der Waals surface area contributed by atoms with Crippen LogP contribution in [0.25, 0.3) is 0 Å². The molecule has 2 nitrogen and oxygen atoms in total. The third kappa shape index (κ3) is 0.359. The molecule has 2 rings (SSSR count). The molecule has 2 N–H and O–H groups in total. The van der Waals surface area contributed by atoms with Crippen LogP contribution in [0.15, 0.2) is 0 Å². The van der Waals surface area contributed by atoms with Crippen molar-refractivity contribution in [1.29, 1.82) is 0 Å². The van der Waals surface area contributed by atoms with E-state index in [1.807, 2.05) is 0 Å². The first kappa shape index (κ1) is 3.87. The van der Waals surface area contributed by atoms with Gasteiger partial charge in [-0.1, -0.05) is 0 Å². The number of ether oxygens (including phenoxy) is 1. The molecular weight excluding hydrogens is 90.1 g/mol. The Morgan fingerprint density at radius 2 is 2.43 bits per heavy atom. The number of fused-ring (bicyclic) bond motifs is 1. The van der Waals surface area contributed by atoms with Crippen molar-refractivity contribution in [3.05, 3.63) is 0 Å². The molecule has 0 bridgehead atoms. The van der Waals surface area contributed by atoms with Gasteiger partial charge in [0.1, 0.15) is 0 Å². The van der Waals surface area contributed by atoms with Crippen LogP contribution in [0.2, 0.25) is 0 Å². The summed E-state index contributed by atoms with van der Waals surface area (Å²) < 4.78 is 5.21. The number of hydrogen-bond donors (Lipinski definition) is 1. The van der Waals surface area contributed by atoms with E-state index in [-0.39, 0.29) is 0 Å². The molecule has 0 aromatic heterocycles. The van der Waals surface area contributed by atoms with E-state index in [2.05, 4.69) is 0 Å². The summed E-state index contributed by atoms with van der Waals surface area (Å²) in [5, 5.41) is 0. The quantitative estimate of drug-likeness (QED) is 0.454. The van der Waals surface area contributed by atoms with E-state index in [1.54, 1.807) is 0 Å². The van der Waals surface area contributed by atoms with Crippen molar-refractivity contribution in [1.82, 2.24) is 0 Å². The van der Waals surface area contributed by atoms with E-state index >= 15 is 0 Å². The van der Waals surface area contributed by atoms with Gasteiger partial charge in [-0.3, -0.25) is 0 Å². The van der Waals surface area contributed by atoms with E-state index in [1.165, 1.54) is 6.42 Å². The second kappa shape index (κ2) is 1.01. The van der Waals surface area contributed by atoms with Crippen molar-refractivity contribution in [2.24, 2.45) is 11.7 Å². The van der Waals surface area contributed by atoms with Crippen LogP contribution in [0.1, 0.15) is 6.42 Å². The van der Waals surface area contributed by atoms with Crippen molar-refractivity contribution < 1.29 is 4.74 Å². The van der Waals surface area contributed by atoms with Crippen LogP contribution in [-0.2, 0) is 4.74 Å².